The summed E-state index contributed by atoms with van der Waals surface area (Å²) in [7, 11) is 0. The average molecular weight is 290 g/mol. The Bertz CT molecular complexity index is 383. The van der Waals surface area contributed by atoms with Gasteiger partial charge in [-0.1, -0.05) is 22.9 Å². The maximum atomic E-state index is 13.6. The van der Waals surface area contributed by atoms with E-state index in [0.29, 0.717) is 5.25 Å². The summed E-state index contributed by atoms with van der Waals surface area (Å²) in [6, 6.07) is 3.19. The topological polar surface area (TPSA) is 26.0 Å². The lowest BCUT2D eigenvalue weighted by Crippen LogP contribution is -2.28. The van der Waals surface area contributed by atoms with Crippen molar-refractivity contribution in [3.05, 3.63) is 33.5 Å². The molecule has 0 saturated carbocycles. The monoisotopic (exact) mass is 289 g/mol. The minimum atomic E-state index is -0.134. The summed E-state index contributed by atoms with van der Waals surface area (Å²) in [5, 5.41) is 0.399. The smallest absolute Gasteiger partial charge is 0.127 e. The second kappa shape index (κ2) is 4.44. The van der Waals surface area contributed by atoms with Crippen LogP contribution in [0.15, 0.2) is 16.6 Å². The van der Waals surface area contributed by atoms with E-state index >= 15 is 0 Å². The Morgan fingerprint density at radius 1 is 1.60 bits per heavy atom. The van der Waals surface area contributed by atoms with Crippen LogP contribution in [0.25, 0.3) is 0 Å². The van der Waals surface area contributed by atoms with Gasteiger partial charge in [0.25, 0.3) is 0 Å². The molecule has 82 valence electrons. The van der Waals surface area contributed by atoms with Crippen molar-refractivity contribution in [1.82, 2.24) is 0 Å². The Morgan fingerprint density at radius 3 is 3.00 bits per heavy atom. The van der Waals surface area contributed by atoms with Crippen molar-refractivity contribution in [2.24, 2.45) is 5.73 Å². The Kier molecular flexibility index (Phi) is 3.38. The van der Waals surface area contributed by atoms with Crippen LogP contribution in [0.1, 0.15) is 30.5 Å². The van der Waals surface area contributed by atoms with Gasteiger partial charge in [-0.3, -0.25) is 0 Å². The summed E-state index contributed by atoms with van der Waals surface area (Å²) in [6.45, 7) is 2.12. The third-order valence-electron chi connectivity index (χ3n) is 2.82. The molecule has 2 unspecified atom stereocenters. The molecule has 2 rings (SSSR count). The zero-order valence-electron chi connectivity index (χ0n) is 8.47. The van der Waals surface area contributed by atoms with E-state index in [9.17, 15) is 4.39 Å². The van der Waals surface area contributed by atoms with Crippen LogP contribution in [0, 0.1) is 5.82 Å². The van der Waals surface area contributed by atoms with Crippen molar-refractivity contribution in [1.29, 1.82) is 0 Å². The normalized spacial score (nSPS) is 25.1. The van der Waals surface area contributed by atoms with Gasteiger partial charge in [-0.2, -0.15) is 11.8 Å². The third-order valence-corrected chi connectivity index (χ3v) is 5.03. The van der Waals surface area contributed by atoms with Crippen molar-refractivity contribution in [3.8, 4) is 0 Å². The SMILES string of the molecule is CCC1SCc2c(F)ccc(Br)c2C1N. The van der Waals surface area contributed by atoms with Crippen molar-refractivity contribution in [2.75, 3.05) is 0 Å². The number of benzene rings is 1. The van der Waals surface area contributed by atoms with Crippen LogP contribution in [0.4, 0.5) is 4.39 Å². The number of rotatable bonds is 1. The summed E-state index contributed by atoms with van der Waals surface area (Å²) in [6.07, 6.45) is 1.02. The Hall–Kier alpha value is -0.0600. The molecule has 0 bridgehead atoms. The summed E-state index contributed by atoms with van der Waals surface area (Å²) in [5.41, 5.74) is 7.88. The standard InChI is InChI=1S/C11H13BrFNS/c1-2-9-11(14)10-6(5-15-9)8(13)4-3-7(10)12/h3-4,9,11H,2,5,14H2,1H3. The van der Waals surface area contributed by atoms with Gasteiger partial charge in [0, 0.05) is 27.1 Å². The molecule has 0 radical (unpaired) electrons. The predicted octanol–water partition coefficient (Wildman–Crippen LogP) is 3.61. The van der Waals surface area contributed by atoms with Crippen LogP contribution < -0.4 is 5.73 Å². The molecule has 0 aromatic heterocycles. The fourth-order valence-corrected chi connectivity index (χ4v) is 3.86. The molecule has 4 heteroatoms. The summed E-state index contributed by atoms with van der Waals surface area (Å²) < 4.78 is 14.5. The second-order valence-electron chi connectivity index (χ2n) is 3.70. The van der Waals surface area contributed by atoms with E-state index in [4.69, 9.17) is 5.73 Å². The molecule has 15 heavy (non-hydrogen) atoms. The number of thioether (sulfide) groups is 1. The van der Waals surface area contributed by atoms with E-state index in [1.165, 1.54) is 6.07 Å². The maximum absolute atomic E-state index is 13.6. The zero-order chi connectivity index (χ0) is 11.0. The predicted molar refractivity (Wildman–Crippen MR) is 66.4 cm³/mol. The molecule has 1 aromatic carbocycles. The number of hydrogen-bond donors (Lipinski definition) is 1. The molecule has 0 spiro atoms. The van der Waals surface area contributed by atoms with Gasteiger partial charge in [0.05, 0.1) is 0 Å². The largest absolute Gasteiger partial charge is 0.323 e. The maximum Gasteiger partial charge on any atom is 0.127 e. The van der Waals surface area contributed by atoms with Gasteiger partial charge in [-0.15, -0.1) is 0 Å². The summed E-state index contributed by atoms with van der Waals surface area (Å²) in [5.74, 6) is 0.595. The van der Waals surface area contributed by atoms with E-state index in [0.717, 1.165) is 27.8 Å². The molecule has 0 aliphatic carbocycles. The first-order valence-corrected chi connectivity index (χ1v) is 6.83. The van der Waals surface area contributed by atoms with Gasteiger partial charge >= 0.3 is 0 Å². The fourth-order valence-electron chi connectivity index (χ4n) is 1.97. The summed E-state index contributed by atoms with van der Waals surface area (Å²) in [4.78, 5) is 0. The van der Waals surface area contributed by atoms with Crippen molar-refractivity contribution in [3.63, 3.8) is 0 Å². The van der Waals surface area contributed by atoms with Gasteiger partial charge < -0.3 is 5.73 Å². The molecule has 1 aromatic rings. The molecular weight excluding hydrogens is 277 g/mol. The van der Waals surface area contributed by atoms with Crippen molar-refractivity contribution >= 4 is 27.7 Å². The highest BCUT2D eigenvalue weighted by Gasteiger charge is 2.29. The zero-order valence-corrected chi connectivity index (χ0v) is 10.9. The lowest BCUT2D eigenvalue weighted by molar-refractivity contribution is 0.588. The second-order valence-corrected chi connectivity index (χ2v) is 5.79. The van der Waals surface area contributed by atoms with E-state index in [2.05, 4.69) is 22.9 Å². The number of hydrogen-bond acceptors (Lipinski definition) is 2. The van der Waals surface area contributed by atoms with E-state index in [1.807, 2.05) is 0 Å². The molecule has 2 N–H and O–H groups in total. The van der Waals surface area contributed by atoms with E-state index in [1.54, 1.807) is 17.8 Å². The van der Waals surface area contributed by atoms with Crippen LogP contribution in [0.3, 0.4) is 0 Å². The Morgan fingerprint density at radius 2 is 2.33 bits per heavy atom. The fraction of sp³-hybridized carbons (Fsp3) is 0.455. The van der Waals surface area contributed by atoms with Gasteiger partial charge in [-0.25, -0.2) is 4.39 Å². The first kappa shape index (κ1) is 11.4. The molecule has 0 amide bonds. The highest BCUT2D eigenvalue weighted by atomic mass is 79.9. The summed E-state index contributed by atoms with van der Waals surface area (Å²) >= 11 is 5.21. The number of halogens is 2. The molecule has 0 fully saturated rings. The van der Waals surface area contributed by atoms with E-state index in [-0.39, 0.29) is 11.9 Å². The minimum Gasteiger partial charge on any atom is -0.323 e. The van der Waals surface area contributed by atoms with Gasteiger partial charge in [-0.05, 0) is 24.1 Å². The molecular formula is C11H13BrFNS. The highest BCUT2D eigenvalue weighted by molar-refractivity contribution is 9.10. The van der Waals surface area contributed by atoms with Crippen LogP contribution in [-0.4, -0.2) is 5.25 Å². The lowest BCUT2D eigenvalue weighted by Gasteiger charge is -2.31. The molecule has 1 heterocycles. The average Bonchev–Trinajstić information content (AvgIpc) is 2.23. The first-order chi connectivity index (χ1) is 7.15. The minimum absolute atomic E-state index is 0.0613. The highest BCUT2D eigenvalue weighted by Crippen LogP contribution is 2.41. The lowest BCUT2D eigenvalue weighted by atomic mass is 9.97. The third kappa shape index (κ3) is 1.95. The van der Waals surface area contributed by atoms with Gasteiger partial charge in [0.1, 0.15) is 5.82 Å². The van der Waals surface area contributed by atoms with Crippen molar-refractivity contribution in [2.45, 2.75) is 30.4 Å². The van der Waals surface area contributed by atoms with Gasteiger partial charge in [0.15, 0.2) is 0 Å². The molecule has 2 atom stereocenters. The van der Waals surface area contributed by atoms with Crippen LogP contribution >= 0.6 is 27.7 Å². The van der Waals surface area contributed by atoms with Crippen LogP contribution in [-0.2, 0) is 5.75 Å². The van der Waals surface area contributed by atoms with Gasteiger partial charge in [0.2, 0.25) is 0 Å². The number of fused-ring (bicyclic) bond motifs is 1. The molecule has 1 nitrogen and oxygen atoms in total. The molecule has 0 saturated heterocycles. The Labute approximate surface area is 102 Å². The first-order valence-electron chi connectivity index (χ1n) is 4.99. The quantitative estimate of drug-likeness (QED) is 0.855. The Balaban J connectivity index is 2.50. The van der Waals surface area contributed by atoms with Crippen molar-refractivity contribution < 1.29 is 4.39 Å². The molecule has 1 aliphatic heterocycles. The van der Waals surface area contributed by atoms with Crippen LogP contribution in [0.5, 0.6) is 0 Å². The van der Waals surface area contributed by atoms with Crippen LogP contribution in [0.2, 0.25) is 0 Å². The molecule has 1 aliphatic rings. The number of nitrogens with two attached hydrogens (primary N) is 1. The van der Waals surface area contributed by atoms with E-state index < -0.39 is 0 Å².